The fourth-order valence-electron chi connectivity index (χ4n) is 13.8. The molecule has 19 nitrogen and oxygen atoms in total. The zero-order chi connectivity index (χ0) is 75.3. The second-order valence-corrected chi connectivity index (χ2v) is 29.6. The molecule has 0 spiro atoms. The zero-order valence-electron chi connectivity index (χ0n) is 64.7. The SMILES string of the molecule is CC/C=C\C/C=C\C/C=C\C/C=C\C/C=C\C/C=C\C/C=C\CCCCCCCCCCCCCCCCCCCC(=O)NC(COC1OC(CO)C(OC2OC(CO)C(OC3OC(CO)C(O)C(O)C3O)C(O)C2O)C(O)C1O)C(O)CCCCCCCCCCCCCCCCCCCCCC. The molecule has 12 N–H and O–H groups in total. The van der Waals surface area contributed by atoms with Crippen LogP contribution >= 0.6 is 0 Å². The second kappa shape index (κ2) is 64.8. The van der Waals surface area contributed by atoms with E-state index in [1.165, 1.54) is 193 Å². The van der Waals surface area contributed by atoms with Crippen LogP contribution in [0.15, 0.2) is 85.1 Å². The number of amides is 1. The minimum atomic E-state index is -1.97. The maximum atomic E-state index is 13.5. The molecule has 0 aromatic heterocycles. The first-order valence-electron chi connectivity index (χ1n) is 41.8. The van der Waals surface area contributed by atoms with Crippen LogP contribution in [-0.4, -0.2) is 193 Å². The van der Waals surface area contributed by atoms with Crippen LogP contribution in [0.5, 0.6) is 0 Å². The summed E-state index contributed by atoms with van der Waals surface area (Å²) in [6.45, 7) is 1.72. The number of hydrogen-bond donors (Lipinski definition) is 12. The number of aliphatic hydroxyl groups excluding tert-OH is 11. The number of allylic oxidation sites excluding steroid dienone is 14. The van der Waals surface area contributed by atoms with E-state index in [2.05, 4.69) is 104 Å². The molecule has 3 rings (SSSR count). The Kier molecular flexibility index (Phi) is 59.3. The number of aliphatic hydroxyl groups is 11. The van der Waals surface area contributed by atoms with Crippen LogP contribution in [0, 0.1) is 0 Å². The van der Waals surface area contributed by atoms with Gasteiger partial charge in [0.05, 0.1) is 38.6 Å². The topological polar surface area (TPSA) is 307 Å². The summed E-state index contributed by atoms with van der Waals surface area (Å²) in [4.78, 5) is 13.5. The number of nitrogens with one attached hydrogen (secondary N) is 1. The first-order valence-corrected chi connectivity index (χ1v) is 41.8. The molecule has 0 aromatic rings. The van der Waals surface area contributed by atoms with E-state index in [1.54, 1.807) is 0 Å². The van der Waals surface area contributed by atoms with E-state index in [1.807, 2.05) is 0 Å². The monoisotopic (exact) mass is 1470 g/mol. The largest absolute Gasteiger partial charge is 0.394 e. The summed E-state index contributed by atoms with van der Waals surface area (Å²) in [6.07, 6.45) is 59.6. The fourth-order valence-corrected chi connectivity index (χ4v) is 13.8. The van der Waals surface area contributed by atoms with Crippen LogP contribution in [0.1, 0.15) is 316 Å². The molecule has 0 bridgehead atoms. The van der Waals surface area contributed by atoms with Crippen LogP contribution in [0.2, 0.25) is 0 Å². The van der Waals surface area contributed by atoms with Crippen LogP contribution < -0.4 is 5.32 Å². The van der Waals surface area contributed by atoms with Crippen LogP contribution in [0.4, 0.5) is 0 Å². The van der Waals surface area contributed by atoms with Crippen LogP contribution in [0.3, 0.4) is 0 Å². The highest BCUT2D eigenvalue weighted by atomic mass is 16.8. The van der Waals surface area contributed by atoms with Gasteiger partial charge in [-0.1, -0.05) is 324 Å². The average Bonchev–Trinajstić information content (AvgIpc) is 0.783. The smallest absolute Gasteiger partial charge is 0.220 e. The quantitative estimate of drug-likeness (QED) is 0.0199. The number of rotatable bonds is 66. The molecule has 604 valence electrons. The number of hydrogen-bond acceptors (Lipinski definition) is 18. The third kappa shape index (κ3) is 44.0. The van der Waals surface area contributed by atoms with E-state index in [0.717, 1.165) is 89.9 Å². The van der Waals surface area contributed by atoms with Gasteiger partial charge >= 0.3 is 0 Å². The molecule has 3 heterocycles. The Balaban J connectivity index is 1.32. The number of carbonyl (C=O) groups is 1. The highest BCUT2D eigenvalue weighted by Crippen LogP contribution is 2.33. The van der Waals surface area contributed by atoms with Crippen molar-refractivity contribution >= 4 is 5.91 Å². The predicted molar refractivity (Wildman–Crippen MR) is 415 cm³/mol. The molecular weight excluding hydrogens is 1320 g/mol. The van der Waals surface area contributed by atoms with Gasteiger partial charge in [0.25, 0.3) is 0 Å². The van der Waals surface area contributed by atoms with Gasteiger partial charge in [0, 0.05) is 6.42 Å². The van der Waals surface area contributed by atoms with Gasteiger partial charge in [-0.05, 0) is 70.6 Å². The summed E-state index contributed by atoms with van der Waals surface area (Å²) in [5, 5.41) is 121. The number of ether oxygens (including phenoxy) is 6. The van der Waals surface area contributed by atoms with Crippen molar-refractivity contribution in [3.63, 3.8) is 0 Å². The molecule has 104 heavy (non-hydrogen) atoms. The van der Waals surface area contributed by atoms with Crippen molar-refractivity contribution in [2.75, 3.05) is 26.4 Å². The van der Waals surface area contributed by atoms with E-state index in [9.17, 15) is 61.0 Å². The minimum absolute atomic E-state index is 0.240. The number of carbonyl (C=O) groups excluding carboxylic acids is 1. The Labute approximate surface area is 629 Å². The molecule has 1 amide bonds. The highest BCUT2D eigenvalue weighted by Gasteiger charge is 2.54. The van der Waals surface area contributed by atoms with Gasteiger partial charge in [-0.2, -0.15) is 0 Å². The first kappa shape index (κ1) is 95.2. The normalized spacial score (nSPS) is 26.3. The van der Waals surface area contributed by atoms with E-state index in [4.69, 9.17) is 28.4 Å². The van der Waals surface area contributed by atoms with Crippen molar-refractivity contribution in [3.8, 4) is 0 Å². The summed E-state index contributed by atoms with van der Waals surface area (Å²) >= 11 is 0. The van der Waals surface area contributed by atoms with Gasteiger partial charge in [-0.3, -0.25) is 4.79 Å². The van der Waals surface area contributed by atoms with Gasteiger partial charge in [-0.25, -0.2) is 0 Å². The summed E-state index contributed by atoms with van der Waals surface area (Å²) in [6, 6.07) is -0.891. The van der Waals surface area contributed by atoms with Crippen molar-refractivity contribution in [1.29, 1.82) is 0 Å². The van der Waals surface area contributed by atoms with Gasteiger partial charge in [0.2, 0.25) is 5.91 Å². The molecule has 3 fully saturated rings. The van der Waals surface area contributed by atoms with E-state index < -0.39 is 124 Å². The van der Waals surface area contributed by atoms with Crippen molar-refractivity contribution in [2.45, 2.75) is 420 Å². The zero-order valence-corrected chi connectivity index (χ0v) is 64.7. The van der Waals surface area contributed by atoms with Gasteiger partial charge < -0.3 is 89.9 Å². The Morgan fingerprint density at radius 1 is 0.356 bits per heavy atom. The summed E-state index contributed by atoms with van der Waals surface area (Å²) in [5.74, 6) is -0.240. The van der Waals surface area contributed by atoms with Crippen molar-refractivity contribution in [3.05, 3.63) is 85.1 Å². The summed E-state index contributed by atoms with van der Waals surface area (Å²) < 4.78 is 34.5. The molecule has 3 saturated heterocycles. The Morgan fingerprint density at radius 2 is 0.663 bits per heavy atom. The summed E-state index contributed by atoms with van der Waals surface area (Å²) in [5.41, 5.74) is 0. The van der Waals surface area contributed by atoms with Crippen LogP contribution in [0.25, 0.3) is 0 Å². The maximum absolute atomic E-state index is 13.5. The molecule has 17 unspecified atom stereocenters. The van der Waals surface area contributed by atoms with E-state index in [-0.39, 0.29) is 18.9 Å². The first-order chi connectivity index (χ1) is 50.8. The lowest BCUT2D eigenvalue weighted by Gasteiger charge is -2.48. The van der Waals surface area contributed by atoms with E-state index >= 15 is 0 Å². The molecule has 0 aromatic carbocycles. The molecule has 0 radical (unpaired) electrons. The third-order valence-corrected chi connectivity index (χ3v) is 20.5. The molecule has 19 heteroatoms. The van der Waals surface area contributed by atoms with Crippen LogP contribution in [-0.2, 0) is 33.2 Å². The fraction of sp³-hybridized carbons (Fsp3) is 0.824. The van der Waals surface area contributed by atoms with Gasteiger partial charge in [-0.15, -0.1) is 0 Å². The van der Waals surface area contributed by atoms with E-state index in [0.29, 0.717) is 12.8 Å². The molecule has 17 atom stereocenters. The predicted octanol–water partition coefficient (Wildman–Crippen LogP) is 14.6. The van der Waals surface area contributed by atoms with Crippen molar-refractivity contribution < 1.29 is 89.4 Å². The van der Waals surface area contributed by atoms with Gasteiger partial charge in [0.1, 0.15) is 73.2 Å². The van der Waals surface area contributed by atoms with Crippen molar-refractivity contribution in [2.24, 2.45) is 0 Å². The second-order valence-electron chi connectivity index (χ2n) is 29.6. The highest BCUT2D eigenvalue weighted by molar-refractivity contribution is 5.76. The summed E-state index contributed by atoms with van der Waals surface area (Å²) in [7, 11) is 0. The molecule has 3 aliphatic heterocycles. The molecule has 3 aliphatic rings. The lowest BCUT2D eigenvalue weighted by atomic mass is 9.96. The molecular formula is C85H151NO18. The average molecular weight is 1480 g/mol. The number of unbranched alkanes of at least 4 members (excludes halogenated alkanes) is 36. The Bertz CT molecular complexity index is 2210. The Morgan fingerprint density at radius 3 is 1.04 bits per heavy atom. The maximum Gasteiger partial charge on any atom is 0.220 e. The lowest BCUT2D eigenvalue weighted by molar-refractivity contribution is -0.379. The lowest BCUT2D eigenvalue weighted by Crippen LogP contribution is -2.66. The minimum Gasteiger partial charge on any atom is -0.394 e. The van der Waals surface area contributed by atoms with Gasteiger partial charge in [0.15, 0.2) is 18.9 Å². The molecule has 0 aliphatic carbocycles. The van der Waals surface area contributed by atoms with Crippen molar-refractivity contribution in [1.82, 2.24) is 5.32 Å². The molecule has 0 saturated carbocycles. The third-order valence-electron chi connectivity index (χ3n) is 20.5. The standard InChI is InChI=1S/C85H151NO18/c1-3-5-7-9-11-13-15-17-19-21-23-25-26-27-28-29-30-31-32-33-34-35-36-37-38-39-40-41-42-43-45-47-49-51-53-55-57-59-61-63-73(91)86-68(69(90)62-60-58-56-54-52-50-48-46-44-24-22-20-18-16-14-12-10-8-6-4-2)67-99-83-79(97)76(94)81(71(65-88)101-83)104-85-80(98)77(95)82(72(66-89)102-85)103-84-78(96)75(93)74(92)70(64-87)100-84/h5,7,11,13,17,19,23,25,27-28,30-31,33-34,68-72,74-85,87-90,92-98H,3-4,6,8-10,12,14-16,18,20-22,24,26,29,32,35-67H2,1-2H3,(H,86,91)/b7-5-,13-11-,19-17-,25-23-,28-27-,31-30-,34-33-. The Hall–Kier alpha value is -3.03.